The van der Waals surface area contributed by atoms with Crippen molar-refractivity contribution < 1.29 is 4.74 Å². The zero-order valence-electron chi connectivity index (χ0n) is 9.53. The van der Waals surface area contributed by atoms with Gasteiger partial charge in [0.15, 0.2) is 5.82 Å². The maximum atomic E-state index is 5.91. The number of ether oxygens (including phenoxy) is 1. The van der Waals surface area contributed by atoms with Gasteiger partial charge in [-0.2, -0.15) is 0 Å². The molecule has 0 spiro atoms. The third-order valence-corrected chi connectivity index (χ3v) is 3.77. The van der Waals surface area contributed by atoms with E-state index in [2.05, 4.69) is 32.6 Å². The highest BCUT2D eigenvalue weighted by Crippen LogP contribution is 2.42. The Morgan fingerprint density at radius 3 is 2.75 bits per heavy atom. The van der Waals surface area contributed by atoms with Crippen LogP contribution in [0.5, 0.6) is 0 Å². The molecule has 1 atom stereocenters. The number of aromatic nitrogens is 2. The van der Waals surface area contributed by atoms with E-state index in [1.165, 1.54) is 12.8 Å². The highest BCUT2D eigenvalue weighted by Gasteiger charge is 2.29. The Morgan fingerprint density at radius 2 is 2.19 bits per heavy atom. The molecule has 1 aromatic rings. The third-order valence-electron chi connectivity index (χ3n) is 2.66. The van der Waals surface area contributed by atoms with E-state index in [1.807, 2.05) is 13.8 Å². The van der Waals surface area contributed by atoms with Gasteiger partial charge in [-0.25, -0.2) is 9.97 Å². The van der Waals surface area contributed by atoms with E-state index >= 15 is 0 Å². The summed E-state index contributed by atoms with van der Waals surface area (Å²) >= 11 is 2.23. The Balaban J connectivity index is 2.32. The van der Waals surface area contributed by atoms with Gasteiger partial charge in [0.2, 0.25) is 0 Å². The molecule has 2 N–H and O–H groups in total. The van der Waals surface area contributed by atoms with Crippen molar-refractivity contribution in [1.82, 2.24) is 9.97 Å². The van der Waals surface area contributed by atoms with Gasteiger partial charge in [0, 0.05) is 12.5 Å². The summed E-state index contributed by atoms with van der Waals surface area (Å²) in [5, 5.41) is 0. The van der Waals surface area contributed by atoms with Gasteiger partial charge in [-0.3, -0.25) is 0 Å². The maximum absolute atomic E-state index is 5.91. The molecule has 0 bridgehead atoms. The molecule has 1 aliphatic carbocycles. The molecule has 1 unspecified atom stereocenters. The molecule has 5 heteroatoms. The number of hydrogen-bond acceptors (Lipinski definition) is 4. The number of nitrogen functional groups attached to an aromatic ring is 1. The summed E-state index contributed by atoms with van der Waals surface area (Å²) in [7, 11) is 0. The summed E-state index contributed by atoms with van der Waals surface area (Å²) in [5.74, 6) is 1.88. The van der Waals surface area contributed by atoms with Crippen molar-refractivity contribution in [3.8, 4) is 0 Å². The molecule has 2 rings (SSSR count). The smallest absolute Gasteiger partial charge is 0.159 e. The lowest BCUT2D eigenvalue weighted by atomic mass is 10.2. The van der Waals surface area contributed by atoms with Gasteiger partial charge in [0.05, 0.1) is 9.26 Å². The molecule has 0 aliphatic heterocycles. The topological polar surface area (TPSA) is 61.0 Å². The molecule has 88 valence electrons. The fourth-order valence-electron chi connectivity index (χ4n) is 1.63. The Hall–Kier alpha value is -0.430. The summed E-state index contributed by atoms with van der Waals surface area (Å²) < 4.78 is 6.50. The second-order valence-electron chi connectivity index (χ2n) is 4.04. The van der Waals surface area contributed by atoms with E-state index in [9.17, 15) is 0 Å². The Bertz CT molecular complexity index is 393. The van der Waals surface area contributed by atoms with Crippen LogP contribution < -0.4 is 5.73 Å². The molecular weight excluding hydrogens is 317 g/mol. The van der Waals surface area contributed by atoms with E-state index in [-0.39, 0.29) is 6.10 Å². The minimum absolute atomic E-state index is 0.0817. The SMILES string of the molecule is CCOC(C)c1nc(N)c(I)c(C2CC2)n1. The average Bonchev–Trinajstić information content (AvgIpc) is 3.06. The molecule has 1 fully saturated rings. The molecule has 1 aliphatic rings. The normalized spacial score (nSPS) is 17.4. The van der Waals surface area contributed by atoms with Crippen LogP contribution in [0.3, 0.4) is 0 Å². The van der Waals surface area contributed by atoms with Gasteiger partial charge >= 0.3 is 0 Å². The number of nitrogens with two attached hydrogens (primary N) is 1. The number of rotatable bonds is 4. The maximum Gasteiger partial charge on any atom is 0.159 e. The van der Waals surface area contributed by atoms with Crippen molar-refractivity contribution in [2.24, 2.45) is 0 Å². The highest BCUT2D eigenvalue weighted by molar-refractivity contribution is 14.1. The predicted octanol–water partition coefficient (Wildman–Crippen LogP) is 2.64. The molecule has 1 saturated carbocycles. The number of anilines is 1. The molecule has 0 amide bonds. The molecular formula is C11H16IN3O. The van der Waals surface area contributed by atoms with Crippen molar-refractivity contribution in [2.75, 3.05) is 12.3 Å². The van der Waals surface area contributed by atoms with Gasteiger partial charge in [-0.1, -0.05) is 0 Å². The second kappa shape index (κ2) is 4.83. The quantitative estimate of drug-likeness (QED) is 0.861. The zero-order valence-corrected chi connectivity index (χ0v) is 11.7. The van der Waals surface area contributed by atoms with Crippen LogP contribution in [0.25, 0.3) is 0 Å². The van der Waals surface area contributed by atoms with Gasteiger partial charge in [0.1, 0.15) is 11.9 Å². The van der Waals surface area contributed by atoms with E-state index in [1.54, 1.807) is 0 Å². The van der Waals surface area contributed by atoms with E-state index in [0.29, 0.717) is 24.2 Å². The van der Waals surface area contributed by atoms with Crippen LogP contribution in [-0.2, 0) is 4.74 Å². The first-order valence-corrected chi connectivity index (χ1v) is 6.65. The molecule has 0 aromatic carbocycles. The van der Waals surface area contributed by atoms with Crippen molar-refractivity contribution in [3.63, 3.8) is 0 Å². The van der Waals surface area contributed by atoms with Crippen LogP contribution in [0.4, 0.5) is 5.82 Å². The van der Waals surface area contributed by atoms with E-state index in [0.717, 1.165) is 9.26 Å². The summed E-state index contributed by atoms with van der Waals surface area (Å²) in [6.45, 7) is 4.59. The molecule has 1 heterocycles. The fourth-order valence-corrected chi connectivity index (χ4v) is 2.32. The molecule has 0 radical (unpaired) electrons. The molecule has 0 saturated heterocycles. The lowest BCUT2D eigenvalue weighted by Crippen LogP contribution is -2.11. The van der Waals surface area contributed by atoms with Gasteiger partial charge < -0.3 is 10.5 Å². The third kappa shape index (κ3) is 2.45. The van der Waals surface area contributed by atoms with Crippen molar-refractivity contribution in [2.45, 2.75) is 38.7 Å². The first-order valence-electron chi connectivity index (χ1n) is 5.57. The van der Waals surface area contributed by atoms with Crippen LogP contribution >= 0.6 is 22.6 Å². The van der Waals surface area contributed by atoms with E-state index in [4.69, 9.17) is 10.5 Å². The fraction of sp³-hybridized carbons (Fsp3) is 0.636. The monoisotopic (exact) mass is 333 g/mol. The van der Waals surface area contributed by atoms with Crippen LogP contribution in [-0.4, -0.2) is 16.6 Å². The first kappa shape index (κ1) is 12.0. The van der Waals surface area contributed by atoms with Crippen molar-refractivity contribution in [3.05, 3.63) is 15.1 Å². The van der Waals surface area contributed by atoms with Gasteiger partial charge in [0.25, 0.3) is 0 Å². The summed E-state index contributed by atoms with van der Waals surface area (Å²) in [5.41, 5.74) is 7.01. The molecule has 4 nitrogen and oxygen atoms in total. The van der Waals surface area contributed by atoms with Crippen LogP contribution in [0.2, 0.25) is 0 Å². The van der Waals surface area contributed by atoms with Gasteiger partial charge in [-0.15, -0.1) is 0 Å². The second-order valence-corrected chi connectivity index (χ2v) is 5.12. The Morgan fingerprint density at radius 1 is 1.50 bits per heavy atom. The Labute approximate surface area is 109 Å². The Kier molecular flexibility index (Phi) is 3.63. The summed E-state index contributed by atoms with van der Waals surface area (Å²) in [4.78, 5) is 8.89. The largest absolute Gasteiger partial charge is 0.383 e. The zero-order chi connectivity index (χ0) is 11.7. The predicted molar refractivity (Wildman–Crippen MR) is 71.2 cm³/mol. The lowest BCUT2D eigenvalue weighted by molar-refractivity contribution is 0.0699. The molecule has 1 aromatic heterocycles. The standard InChI is InChI=1S/C11H16IN3O/c1-3-16-6(2)11-14-9(7-4-5-7)8(12)10(13)15-11/h6-7H,3-5H2,1-2H3,(H2,13,14,15). The first-order chi connectivity index (χ1) is 7.63. The number of hydrogen-bond donors (Lipinski definition) is 1. The summed E-state index contributed by atoms with van der Waals surface area (Å²) in [6, 6.07) is 0. The van der Waals surface area contributed by atoms with Crippen LogP contribution in [0, 0.1) is 3.57 Å². The lowest BCUT2D eigenvalue weighted by Gasteiger charge is -2.13. The average molecular weight is 333 g/mol. The van der Waals surface area contributed by atoms with Crippen molar-refractivity contribution in [1.29, 1.82) is 0 Å². The van der Waals surface area contributed by atoms with Crippen LogP contribution in [0.1, 0.15) is 50.2 Å². The van der Waals surface area contributed by atoms with E-state index < -0.39 is 0 Å². The number of nitrogens with zero attached hydrogens (tertiary/aromatic N) is 2. The molecule has 16 heavy (non-hydrogen) atoms. The van der Waals surface area contributed by atoms with Crippen LogP contribution in [0.15, 0.2) is 0 Å². The minimum atomic E-state index is -0.0817. The van der Waals surface area contributed by atoms with Gasteiger partial charge in [-0.05, 0) is 49.3 Å². The minimum Gasteiger partial charge on any atom is -0.383 e. The van der Waals surface area contributed by atoms with Crippen molar-refractivity contribution >= 4 is 28.4 Å². The number of halogens is 1. The highest BCUT2D eigenvalue weighted by atomic mass is 127. The summed E-state index contributed by atoms with van der Waals surface area (Å²) in [6.07, 6.45) is 2.35.